The van der Waals surface area contributed by atoms with Crippen molar-refractivity contribution in [1.29, 1.82) is 0 Å². The fourth-order valence-electron chi connectivity index (χ4n) is 1.54. The van der Waals surface area contributed by atoms with E-state index < -0.39 is 0 Å². The Morgan fingerprint density at radius 1 is 1.28 bits per heavy atom. The molecular formula is C13H20ClFN2O. The number of amides is 1. The predicted molar refractivity (Wildman–Crippen MR) is 73.9 cm³/mol. The minimum Gasteiger partial charge on any atom is -0.351 e. The predicted octanol–water partition coefficient (Wildman–Crippen LogP) is 2.29. The lowest BCUT2D eigenvalue weighted by Gasteiger charge is -2.08. The van der Waals surface area contributed by atoms with Gasteiger partial charge in [-0.15, -0.1) is 12.4 Å². The summed E-state index contributed by atoms with van der Waals surface area (Å²) in [5.41, 5.74) is 1.19. The quantitative estimate of drug-likeness (QED) is 0.782. The maximum absolute atomic E-state index is 12.9. The highest BCUT2D eigenvalue weighted by molar-refractivity contribution is 5.95. The van der Waals surface area contributed by atoms with Gasteiger partial charge in [-0.05, 0) is 43.7 Å². The van der Waals surface area contributed by atoms with Gasteiger partial charge >= 0.3 is 0 Å². The van der Waals surface area contributed by atoms with E-state index in [1.807, 2.05) is 0 Å². The number of halogens is 2. The molecule has 1 aromatic rings. The molecule has 0 spiro atoms. The summed E-state index contributed by atoms with van der Waals surface area (Å²) in [5, 5.41) is 5.99. The van der Waals surface area contributed by atoms with Crippen molar-refractivity contribution in [2.75, 3.05) is 19.6 Å². The highest BCUT2D eigenvalue weighted by Gasteiger charge is 2.08. The Hall–Kier alpha value is -1.13. The van der Waals surface area contributed by atoms with Crippen LogP contribution in [-0.4, -0.2) is 25.5 Å². The molecule has 0 radical (unpaired) electrons. The van der Waals surface area contributed by atoms with E-state index in [4.69, 9.17) is 0 Å². The van der Waals surface area contributed by atoms with Crippen LogP contribution in [0.2, 0.25) is 0 Å². The highest BCUT2D eigenvalue weighted by Crippen LogP contribution is 2.09. The molecule has 0 aliphatic rings. The minimum atomic E-state index is -0.316. The number of hydrogen-bond acceptors (Lipinski definition) is 2. The average Bonchev–Trinajstić information content (AvgIpc) is 2.28. The highest BCUT2D eigenvalue weighted by atomic mass is 35.5. The summed E-state index contributed by atoms with van der Waals surface area (Å²) < 4.78 is 12.9. The lowest BCUT2D eigenvalue weighted by molar-refractivity contribution is 0.0953. The summed E-state index contributed by atoms with van der Waals surface area (Å²) in [6.07, 6.45) is 1.07. The zero-order valence-electron chi connectivity index (χ0n) is 10.8. The number of benzene rings is 1. The molecular weight excluding hydrogens is 255 g/mol. The van der Waals surface area contributed by atoms with E-state index in [0.717, 1.165) is 19.5 Å². The Balaban J connectivity index is 0.00000289. The maximum Gasteiger partial charge on any atom is 0.251 e. The summed E-state index contributed by atoms with van der Waals surface area (Å²) in [4.78, 5) is 11.7. The van der Waals surface area contributed by atoms with E-state index in [9.17, 15) is 9.18 Å². The number of aryl methyl sites for hydroxylation is 1. The van der Waals surface area contributed by atoms with Gasteiger partial charge in [0.05, 0.1) is 0 Å². The van der Waals surface area contributed by atoms with Gasteiger partial charge in [0.25, 0.3) is 5.91 Å². The first-order chi connectivity index (χ1) is 8.15. The van der Waals surface area contributed by atoms with Crippen LogP contribution in [0.5, 0.6) is 0 Å². The molecule has 2 N–H and O–H groups in total. The van der Waals surface area contributed by atoms with Crippen molar-refractivity contribution in [2.24, 2.45) is 0 Å². The van der Waals surface area contributed by atoms with Gasteiger partial charge in [-0.2, -0.15) is 0 Å². The van der Waals surface area contributed by atoms with Crippen LogP contribution in [0.25, 0.3) is 0 Å². The van der Waals surface area contributed by atoms with Gasteiger partial charge in [-0.3, -0.25) is 4.79 Å². The fraction of sp³-hybridized carbons (Fsp3) is 0.462. The van der Waals surface area contributed by atoms with Crippen molar-refractivity contribution in [1.82, 2.24) is 10.6 Å². The Bertz CT molecular complexity index is 385. The van der Waals surface area contributed by atoms with Crippen LogP contribution in [0.4, 0.5) is 4.39 Å². The second-order valence-corrected chi connectivity index (χ2v) is 3.97. The van der Waals surface area contributed by atoms with Crippen molar-refractivity contribution in [3.05, 3.63) is 35.1 Å². The summed E-state index contributed by atoms with van der Waals surface area (Å²) in [5.74, 6) is -0.468. The largest absolute Gasteiger partial charge is 0.351 e. The van der Waals surface area contributed by atoms with Gasteiger partial charge < -0.3 is 10.6 Å². The summed E-state index contributed by atoms with van der Waals surface area (Å²) >= 11 is 0. The molecule has 0 saturated carbocycles. The van der Waals surface area contributed by atoms with Crippen LogP contribution in [0.1, 0.15) is 29.3 Å². The Kier molecular flexibility index (Phi) is 8.33. The number of carbonyl (C=O) groups is 1. The van der Waals surface area contributed by atoms with Crippen LogP contribution < -0.4 is 10.6 Å². The normalized spacial score (nSPS) is 9.72. The molecule has 0 aliphatic heterocycles. The molecule has 0 atom stereocenters. The molecule has 0 aliphatic carbocycles. The van der Waals surface area contributed by atoms with Gasteiger partial charge in [-0.25, -0.2) is 4.39 Å². The lowest BCUT2D eigenvalue weighted by Crippen LogP contribution is -2.32. The topological polar surface area (TPSA) is 41.1 Å². The third-order valence-electron chi connectivity index (χ3n) is 2.45. The number of nitrogens with one attached hydrogen (secondary N) is 2. The van der Waals surface area contributed by atoms with Crippen molar-refractivity contribution in [3.8, 4) is 0 Å². The average molecular weight is 275 g/mol. The third-order valence-corrected chi connectivity index (χ3v) is 2.45. The molecule has 3 nitrogen and oxygen atoms in total. The first-order valence-corrected chi connectivity index (χ1v) is 5.90. The second kappa shape index (κ2) is 8.89. The second-order valence-electron chi connectivity index (χ2n) is 3.97. The van der Waals surface area contributed by atoms with Gasteiger partial charge in [-0.1, -0.05) is 6.92 Å². The Morgan fingerprint density at radius 3 is 2.61 bits per heavy atom. The van der Waals surface area contributed by atoms with Crippen LogP contribution in [0.3, 0.4) is 0 Å². The number of rotatable bonds is 6. The van der Waals surface area contributed by atoms with Crippen LogP contribution in [-0.2, 0) is 0 Å². The molecule has 0 saturated heterocycles. The number of hydrogen-bond donors (Lipinski definition) is 2. The van der Waals surface area contributed by atoms with E-state index >= 15 is 0 Å². The molecule has 0 bridgehead atoms. The van der Waals surface area contributed by atoms with Gasteiger partial charge in [0, 0.05) is 18.7 Å². The van der Waals surface area contributed by atoms with E-state index in [0.29, 0.717) is 17.7 Å². The van der Waals surface area contributed by atoms with Crippen LogP contribution in [0, 0.1) is 12.7 Å². The van der Waals surface area contributed by atoms with E-state index in [-0.39, 0.29) is 24.1 Å². The molecule has 0 aromatic heterocycles. The molecule has 102 valence electrons. The van der Waals surface area contributed by atoms with Gasteiger partial charge in [0.1, 0.15) is 5.82 Å². The number of carbonyl (C=O) groups excluding carboxylic acids is 1. The zero-order chi connectivity index (χ0) is 12.7. The fourth-order valence-corrected chi connectivity index (χ4v) is 1.54. The van der Waals surface area contributed by atoms with E-state index in [2.05, 4.69) is 17.6 Å². The first-order valence-electron chi connectivity index (χ1n) is 5.90. The molecule has 1 rings (SSSR count). The monoisotopic (exact) mass is 274 g/mol. The molecule has 0 fully saturated rings. The van der Waals surface area contributed by atoms with Crippen LogP contribution >= 0.6 is 12.4 Å². The minimum absolute atomic E-state index is 0. The van der Waals surface area contributed by atoms with Gasteiger partial charge in [0.15, 0.2) is 0 Å². The molecule has 0 unspecified atom stereocenters. The summed E-state index contributed by atoms with van der Waals surface area (Å²) in [6, 6.07) is 4.18. The molecule has 18 heavy (non-hydrogen) atoms. The smallest absolute Gasteiger partial charge is 0.251 e. The van der Waals surface area contributed by atoms with Crippen molar-refractivity contribution in [2.45, 2.75) is 20.3 Å². The van der Waals surface area contributed by atoms with E-state index in [1.165, 1.54) is 18.2 Å². The standard InChI is InChI=1S/C13H19FN2O.ClH/c1-3-6-15-7-8-16-13(17)12-5-4-11(14)9-10(12)2;/h4-5,9,15H,3,6-8H2,1-2H3,(H,16,17);1H. The van der Waals surface area contributed by atoms with Crippen molar-refractivity contribution < 1.29 is 9.18 Å². The van der Waals surface area contributed by atoms with Crippen molar-refractivity contribution in [3.63, 3.8) is 0 Å². The Morgan fingerprint density at radius 2 is 2.00 bits per heavy atom. The molecule has 5 heteroatoms. The molecule has 0 heterocycles. The first kappa shape index (κ1) is 16.9. The van der Waals surface area contributed by atoms with Crippen molar-refractivity contribution >= 4 is 18.3 Å². The van der Waals surface area contributed by atoms with Crippen LogP contribution in [0.15, 0.2) is 18.2 Å². The third kappa shape index (κ3) is 5.47. The molecule has 1 amide bonds. The molecule has 1 aromatic carbocycles. The Labute approximate surface area is 114 Å². The SMILES string of the molecule is CCCNCCNC(=O)c1ccc(F)cc1C.Cl. The maximum atomic E-state index is 12.9. The lowest BCUT2D eigenvalue weighted by atomic mass is 10.1. The van der Waals surface area contributed by atoms with Gasteiger partial charge in [0.2, 0.25) is 0 Å². The zero-order valence-corrected chi connectivity index (χ0v) is 11.6. The summed E-state index contributed by atoms with van der Waals surface area (Å²) in [7, 11) is 0. The van der Waals surface area contributed by atoms with E-state index in [1.54, 1.807) is 6.92 Å². The summed E-state index contributed by atoms with van der Waals surface area (Å²) in [6.45, 7) is 6.10.